The third-order valence-corrected chi connectivity index (χ3v) is 6.68. The van der Waals surface area contributed by atoms with Gasteiger partial charge in [-0.15, -0.1) is 0 Å². The summed E-state index contributed by atoms with van der Waals surface area (Å²) in [4.78, 5) is 22.9. The molecule has 32 heavy (non-hydrogen) atoms. The fourth-order valence-electron chi connectivity index (χ4n) is 5.00. The zero-order valence-corrected chi connectivity index (χ0v) is 19.1. The molecule has 1 fully saturated rings. The number of methoxy groups -OCH3 is 1. The summed E-state index contributed by atoms with van der Waals surface area (Å²) in [7, 11) is 1.64. The summed E-state index contributed by atoms with van der Waals surface area (Å²) in [6.07, 6.45) is 5.63. The number of ether oxygens (including phenoxy) is 1. The van der Waals surface area contributed by atoms with Gasteiger partial charge in [-0.2, -0.15) is 5.10 Å². The van der Waals surface area contributed by atoms with Crippen molar-refractivity contribution in [2.75, 3.05) is 26.7 Å². The van der Waals surface area contributed by atoms with E-state index in [1.165, 1.54) is 11.9 Å². The number of rotatable bonds is 5. The van der Waals surface area contributed by atoms with Gasteiger partial charge in [0, 0.05) is 18.3 Å². The minimum atomic E-state index is -0.0286. The predicted octanol–water partition coefficient (Wildman–Crippen LogP) is 3.83. The Morgan fingerprint density at radius 2 is 2.12 bits per heavy atom. The van der Waals surface area contributed by atoms with Crippen LogP contribution < -0.4 is 10.4 Å². The van der Waals surface area contributed by atoms with E-state index >= 15 is 0 Å². The summed E-state index contributed by atoms with van der Waals surface area (Å²) < 4.78 is 9.28. The van der Waals surface area contributed by atoms with Crippen molar-refractivity contribution in [1.29, 1.82) is 0 Å². The smallest absolute Gasteiger partial charge is 0.326 e. The number of H-pyrrole nitrogens is 1. The molecule has 4 heterocycles. The van der Waals surface area contributed by atoms with Gasteiger partial charge < -0.3 is 14.6 Å². The lowest BCUT2D eigenvalue weighted by Gasteiger charge is -2.32. The Morgan fingerprint density at radius 3 is 2.88 bits per heavy atom. The van der Waals surface area contributed by atoms with Crippen LogP contribution in [0.1, 0.15) is 51.1 Å². The molecule has 5 rings (SSSR count). The summed E-state index contributed by atoms with van der Waals surface area (Å²) in [6.45, 7) is 9.60. The molecule has 1 aromatic carbocycles. The van der Waals surface area contributed by atoms with Crippen molar-refractivity contribution in [2.45, 2.75) is 45.6 Å². The quantitative estimate of drug-likeness (QED) is 0.516. The molecule has 0 unspecified atom stereocenters. The first-order valence-corrected chi connectivity index (χ1v) is 11.4. The molecule has 168 valence electrons. The molecule has 1 aliphatic heterocycles. The zero-order chi connectivity index (χ0) is 22.4. The Labute approximate surface area is 186 Å². The summed E-state index contributed by atoms with van der Waals surface area (Å²) in [5, 5.41) is 4.30. The van der Waals surface area contributed by atoms with Crippen molar-refractivity contribution in [3.8, 4) is 16.9 Å². The van der Waals surface area contributed by atoms with Crippen LogP contribution in [-0.4, -0.2) is 55.8 Å². The largest absolute Gasteiger partial charge is 0.493 e. The summed E-state index contributed by atoms with van der Waals surface area (Å²) >= 11 is 0. The predicted molar refractivity (Wildman–Crippen MR) is 126 cm³/mol. The van der Waals surface area contributed by atoms with E-state index in [0.717, 1.165) is 54.6 Å². The van der Waals surface area contributed by atoms with Crippen LogP contribution in [-0.2, 0) is 0 Å². The van der Waals surface area contributed by atoms with E-state index in [-0.39, 0.29) is 17.6 Å². The molecule has 0 aliphatic carbocycles. The van der Waals surface area contributed by atoms with Gasteiger partial charge in [0.05, 0.1) is 24.2 Å². The third kappa shape index (κ3) is 3.39. The van der Waals surface area contributed by atoms with Crippen LogP contribution in [0.4, 0.5) is 0 Å². The lowest BCUT2D eigenvalue weighted by atomic mass is 9.92. The molecule has 0 saturated carbocycles. The molecule has 1 aliphatic rings. The minimum absolute atomic E-state index is 0.0286. The number of benzene rings is 1. The number of aromatic amines is 1. The number of hydrogen-bond donors (Lipinski definition) is 1. The molecule has 4 aromatic rings. The highest BCUT2D eigenvalue weighted by molar-refractivity contribution is 5.85. The molecule has 3 aromatic heterocycles. The molecule has 1 atom stereocenters. The van der Waals surface area contributed by atoms with Gasteiger partial charge in [0.2, 0.25) is 0 Å². The van der Waals surface area contributed by atoms with E-state index in [4.69, 9.17) is 4.74 Å². The monoisotopic (exact) mass is 434 g/mol. The van der Waals surface area contributed by atoms with E-state index < -0.39 is 0 Å². The van der Waals surface area contributed by atoms with Crippen molar-refractivity contribution in [2.24, 2.45) is 0 Å². The maximum Gasteiger partial charge on any atom is 0.326 e. The van der Waals surface area contributed by atoms with Crippen LogP contribution in [0.5, 0.6) is 5.75 Å². The number of imidazole rings is 1. The second-order valence-corrected chi connectivity index (χ2v) is 8.93. The Morgan fingerprint density at radius 1 is 1.28 bits per heavy atom. The third-order valence-electron chi connectivity index (χ3n) is 6.68. The minimum Gasteiger partial charge on any atom is -0.493 e. The van der Waals surface area contributed by atoms with Gasteiger partial charge in [-0.25, -0.2) is 14.3 Å². The summed E-state index contributed by atoms with van der Waals surface area (Å²) in [6, 6.07) is 6.48. The van der Waals surface area contributed by atoms with Crippen molar-refractivity contribution < 1.29 is 4.74 Å². The van der Waals surface area contributed by atoms with Crippen LogP contribution in [0, 0.1) is 0 Å². The molecule has 1 N–H and O–H groups in total. The maximum absolute atomic E-state index is 13.0. The first-order chi connectivity index (χ1) is 15.5. The fraction of sp³-hybridized carbons (Fsp3) is 0.458. The van der Waals surface area contributed by atoms with Crippen molar-refractivity contribution in [1.82, 2.24) is 29.0 Å². The highest BCUT2D eigenvalue weighted by Crippen LogP contribution is 2.36. The van der Waals surface area contributed by atoms with Gasteiger partial charge in [0.15, 0.2) is 11.4 Å². The number of pyridine rings is 1. The van der Waals surface area contributed by atoms with E-state index in [2.05, 4.69) is 52.9 Å². The number of piperidine rings is 1. The van der Waals surface area contributed by atoms with Crippen molar-refractivity contribution in [3.05, 3.63) is 46.8 Å². The number of likely N-dealkylation sites (tertiary alicyclic amines) is 1. The molecular weight excluding hydrogens is 404 g/mol. The first-order valence-electron chi connectivity index (χ1n) is 11.4. The van der Waals surface area contributed by atoms with E-state index in [9.17, 15) is 4.79 Å². The van der Waals surface area contributed by atoms with Crippen LogP contribution >= 0.6 is 0 Å². The van der Waals surface area contributed by atoms with E-state index in [1.807, 2.05) is 16.8 Å². The lowest BCUT2D eigenvalue weighted by molar-refractivity contribution is 0.185. The Hall–Kier alpha value is -3.13. The Bertz CT molecular complexity index is 1330. The highest BCUT2D eigenvalue weighted by atomic mass is 16.5. The SMILES string of the molecule is CCN1CCC[C@H](n2c(=O)[nH]c3cc(-c4cc(OC)c5ncnn5c4)c(C(C)C)cc32)C1. The normalized spacial score (nSPS) is 17.6. The zero-order valence-electron chi connectivity index (χ0n) is 19.1. The summed E-state index contributed by atoms with van der Waals surface area (Å²) in [5.41, 5.74) is 5.74. The second-order valence-electron chi connectivity index (χ2n) is 8.93. The Balaban J connectivity index is 1.69. The summed E-state index contributed by atoms with van der Waals surface area (Å²) in [5.74, 6) is 0.950. The average Bonchev–Trinajstić information content (AvgIpc) is 3.40. The van der Waals surface area contributed by atoms with Crippen molar-refractivity contribution in [3.63, 3.8) is 0 Å². The standard InChI is InChI=1S/C24H30N6O2/c1-5-28-8-6-7-17(13-28)30-21-11-18(15(2)3)19(10-20(21)27-24(30)31)16-9-22(32-4)23-25-14-26-29(23)12-16/h9-12,14-15,17H,5-8,13H2,1-4H3,(H,27,31)/t17-/m0/s1. The van der Waals surface area contributed by atoms with E-state index in [1.54, 1.807) is 11.6 Å². The molecule has 0 radical (unpaired) electrons. The maximum atomic E-state index is 13.0. The average molecular weight is 435 g/mol. The van der Waals surface area contributed by atoms with Gasteiger partial charge in [0.1, 0.15) is 6.33 Å². The van der Waals surface area contributed by atoms with Gasteiger partial charge in [0.25, 0.3) is 0 Å². The van der Waals surface area contributed by atoms with Gasteiger partial charge in [-0.1, -0.05) is 20.8 Å². The first kappa shape index (κ1) is 20.8. The number of nitrogens with zero attached hydrogens (tertiary/aromatic N) is 5. The number of likely N-dealkylation sites (N-methyl/N-ethyl adjacent to an activating group) is 1. The number of fused-ring (bicyclic) bond motifs is 2. The second kappa shape index (κ2) is 8.09. The van der Waals surface area contributed by atoms with Gasteiger partial charge in [-0.05, 0) is 61.2 Å². The van der Waals surface area contributed by atoms with Crippen LogP contribution in [0.2, 0.25) is 0 Å². The van der Waals surface area contributed by atoms with Crippen LogP contribution in [0.3, 0.4) is 0 Å². The molecule has 1 saturated heterocycles. The van der Waals surface area contributed by atoms with E-state index in [0.29, 0.717) is 11.4 Å². The fourth-order valence-corrected chi connectivity index (χ4v) is 5.00. The van der Waals surface area contributed by atoms with Crippen molar-refractivity contribution >= 4 is 16.7 Å². The molecular formula is C24H30N6O2. The number of hydrogen-bond acceptors (Lipinski definition) is 5. The molecule has 0 amide bonds. The number of aromatic nitrogens is 5. The van der Waals surface area contributed by atoms with Crippen LogP contribution in [0.25, 0.3) is 27.8 Å². The molecule has 0 bridgehead atoms. The topological polar surface area (TPSA) is 80.5 Å². The number of nitrogens with one attached hydrogen (secondary N) is 1. The Kier molecular flexibility index (Phi) is 5.25. The lowest BCUT2D eigenvalue weighted by Crippen LogP contribution is -2.39. The highest BCUT2D eigenvalue weighted by Gasteiger charge is 2.25. The molecule has 0 spiro atoms. The van der Waals surface area contributed by atoms with Crippen LogP contribution in [0.15, 0.2) is 35.5 Å². The van der Waals surface area contributed by atoms with Gasteiger partial charge in [-0.3, -0.25) is 4.57 Å². The molecule has 8 nitrogen and oxygen atoms in total. The molecule has 8 heteroatoms. The van der Waals surface area contributed by atoms with Gasteiger partial charge >= 0.3 is 5.69 Å².